The zero-order valence-electron chi connectivity index (χ0n) is 16.2. The van der Waals surface area contributed by atoms with Gasteiger partial charge in [0, 0.05) is 10.3 Å². The van der Waals surface area contributed by atoms with Gasteiger partial charge in [0.05, 0.1) is 17.9 Å². The molecular formula is C20H21N3O3S3. The minimum absolute atomic E-state index is 0.154. The van der Waals surface area contributed by atoms with E-state index in [0.29, 0.717) is 23.0 Å². The highest BCUT2D eigenvalue weighted by Gasteiger charge is 2.27. The average Bonchev–Trinajstić information content (AvgIpc) is 3.30. The van der Waals surface area contributed by atoms with E-state index in [-0.39, 0.29) is 17.6 Å². The molecule has 0 aliphatic heterocycles. The van der Waals surface area contributed by atoms with Crippen molar-refractivity contribution >= 4 is 61.5 Å². The molecule has 3 heterocycles. The molecule has 0 spiro atoms. The molecule has 0 atom stereocenters. The van der Waals surface area contributed by atoms with Crippen LogP contribution < -0.4 is 5.32 Å². The number of amides is 1. The Balaban J connectivity index is 1.51. The lowest BCUT2D eigenvalue weighted by atomic mass is 9.95. The molecule has 1 amide bonds. The third-order valence-electron chi connectivity index (χ3n) is 4.65. The normalized spacial score (nSPS) is 13.3. The third kappa shape index (κ3) is 4.31. The first-order valence-corrected chi connectivity index (χ1v) is 12.2. The van der Waals surface area contributed by atoms with E-state index in [1.54, 1.807) is 18.3 Å². The van der Waals surface area contributed by atoms with Crippen LogP contribution >= 0.6 is 34.4 Å². The molecule has 1 aliphatic carbocycles. The van der Waals surface area contributed by atoms with Crippen LogP contribution in [0, 0.1) is 6.92 Å². The molecule has 0 unspecified atom stereocenters. The molecule has 0 saturated heterocycles. The van der Waals surface area contributed by atoms with Gasteiger partial charge in [-0.25, -0.2) is 14.8 Å². The molecule has 0 saturated carbocycles. The Hall–Kier alpha value is -1.97. The summed E-state index contributed by atoms with van der Waals surface area (Å²) in [5.74, 6) is 0.408. The minimum Gasteiger partial charge on any atom is -0.462 e. The number of fused-ring (bicyclic) bond motifs is 2. The monoisotopic (exact) mass is 447 g/mol. The van der Waals surface area contributed by atoms with E-state index in [9.17, 15) is 9.59 Å². The number of anilines is 1. The first kappa shape index (κ1) is 20.3. The Labute approximate surface area is 181 Å². The number of ether oxygens (including phenoxy) is 1. The van der Waals surface area contributed by atoms with E-state index >= 15 is 0 Å². The molecule has 3 aromatic heterocycles. The number of hydrogen-bond acceptors (Lipinski definition) is 8. The van der Waals surface area contributed by atoms with Crippen LogP contribution in [0.15, 0.2) is 16.5 Å². The lowest BCUT2D eigenvalue weighted by Gasteiger charge is -2.12. The number of nitrogens with one attached hydrogen (secondary N) is 1. The molecule has 152 valence electrons. The van der Waals surface area contributed by atoms with Crippen molar-refractivity contribution in [3.05, 3.63) is 33.3 Å². The van der Waals surface area contributed by atoms with Crippen molar-refractivity contribution < 1.29 is 14.3 Å². The Morgan fingerprint density at radius 3 is 2.93 bits per heavy atom. The highest BCUT2D eigenvalue weighted by Crippen LogP contribution is 2.39. The molecule has 4 rings (SSSR count). The van der Waals surface area contributed by atoms with Crippen LogP contribution in [0.5, 0.6) is 0 Å². The fourth-order valence-electron chi connectivity index (χ4n) is 3.41. The number of esters is 1. The van der Waals surface area contributed by atoms with Crippen molar-refractivity contribution in [1.29, 1.82) is 0 Å². The fraction of sp³-hybridized carbons (Fsp3) is 0.400. The first-order chi connectivity index (χ1) is 14.1. The van der Waals surface area contributed by atoms with Gasteiger partial charge in [-0.2, -0.15) is 0 Å². The summed E-state index contributed by atoms with van der Waals surface area (Å²) in [4.78, 5) is 36.2. The topological polar surface area (TPSA) is 81.2 Å². The Morgan fingerprint density at radius 1 is 1.28 bits per heavy atom. The van der Waals surface area contributed by atoms with Crippen molar-refractivity contribution in [2.75, 3.05) is 17.7 Å². The van der Waals surface area contributed by atoms with Crippen LogP contribution in [0.25, 0.3) is 10.2 Å². The van der Waals surface area contributed by atoms with Crippen LogP contribution in [0.3, 0.4) is 0 Å². The summed E-state index contributed by atoms with van der Waals surface area (Å²) in [7, 11) is 0. The van der Waals surface area contributed by atoms with Crippen LogP contribution in [0.1, 0.15) is 46.4 Å². The smallest absolute Gasteiger partial charge is 0.341 e. The number of nitrogens with zero attached hydrogens (tertiary/aromatic N) is 2. The summed E-state index contributed by atoms with van der Waals surface area (Å²) in [6.07, 6.45) is 3.99. The predicted molar refractivity (Wildman–Crippen MR) is 118 cm³/mol. The van der Waals surface area contributed by atoms with Gasteiger partial charge in [0.2, 0.25) is 5.91 Å². The molecular weight excluding hydrogens is 426 g/mol. The summed E-state index contributed by atoms with van der Waals surface area (Å²) < 4.78 is 5.25. The maximum absolute atomic E-state index is 12.7. The summed E-state index contributed by atoms with van der Waals surface area (Å²) in [5, 5.41) is 7.31. The molecule has 3 aromatic rings. The van der Waals surface area contributed by atoms with E-state index in [1.165, 1.54) is 28.0 Å². The first-order valence-electron chi connectivity index (χ1n) is 9.53. The standard InChI is InChI=1S/C20H21N3O3S3/c1-3-26-20(25)16-12-6-4-5-7-14(12)29-19(16)23-15(24)10-28-18-13-8-9-27-17(13)21-11(2)22-18/h8-9H,3-7,10H2,1-2H3,(H,23,24). The van der Waals surface area contributed by atoms with Crippen molar-refractivity contribution in [2.45, 2.75) is 44.6 Å². The maximum Gasteiger partial charge on any atom is 0.341 e. The number of rotatable bonds is 6. The summed E-state index contributed by atoms with van der Waals surface area (Å²) in [6, 6.07) is 1.98. The van der Waals surface area contributed by atoms with Gasteiger partial charge in [-0.3, -0.25) is 4.79 Å². The quantitative estimate of drug-likeness (QED) is 0.331. The number of carbonyl (C=O) groups excluding carboxylic acids is 2. The van der Waals surface area contributed by atoms with Crippen LogP contribution in [0.4, 0.5) is 5.00 Å². The zero-order valence-corrected chi connectivity index (χ0v) is 18.7. The lowest BCUT2D eigenvalue weighted by Crippen LogP contribution is -2.17. The zero-order chi connectivity index (χ0) is 20.4. The highest BCUT2D eigenvalue weighted by atomic mass is 32.2. The summed E-state index contributed by atoms with van der Waals surface area (Å²) in [5.41, 5.74) is 1.59. The van der Waals surface area contributed by atoms with Crippen LogP contribution in [-0.2, 0) is 22.4 Å². The second-order valence-electron chi connectivity index (χ2n) is 6.69. The predicted octanol–water partition coefficient (Wildman–Crippen LogP) is 4.85. The molecule has 1 aliphatic rings. The maximum atomic E-state index is 12.7. The number of thiophene rings is 2. The van der Waals surface area contributed by atoms with Crippen LogP contribution in [-0.4, -0.2) is 34.2 Å². The van der Waals surface area contributed by atoms with Gasteiger partial charge < -0.3 is 10.1 Å². The van der Waals surface area contributed by atoms with E-state index in [0.717, 1.165) is 46.5 Å². The average molecular weight is 448 g/mol. The van der Waals surface area contributed by atoms with E-state index < -0.39 is 0 Å². The van der Waals surface area contributed by atoms with Crippen molar-refractivity contribution in [1.82, 2.24) is 9.97 Å². The summed E-state index contributed by atoms with van der Waals surface area (Å²) in [6.45, 7) is 3.96. The van der Waals surface area contributed by atoms with Crippen LogP contribution in [0.2, 0.25) is 0 Å². The molecule has 0 aromatic carbocycles. The summed E-state index contributed by atoms with van der Waals surface area (Å²) >= 11 is 4.46. The molecule has 0 bridgehead atoms. The molecule has 29 heavy (non-hydrogen) atoms. The highest BCUT2D eigenvalue weighted by molar-refractivity contribution is 8.00. The van der Waals surface area contributed by atoms with Crippen molar-refractivity contribution in [2.24, 2.45) is 0 Å². The number of hydrogen-bond donors (Lipinski definition) is 1. The lowest BCUT2D eigenvalue weighted by molar-refractivity contribution is -0.113. The number of carbonyl (C=O) groups is 2. The largest absolute Gasteiger partial charge is 0.462 e. The molecule has 1 N–H and O–H groups in total. The number of thioether (sulfide) groups is 1. The number of aryl methyl sites for hydroxylation is 2. The Kier molecular flexibility index (Phi) is 6.17. The Morgan fingerprint density at radius 2 is 2.10 bits per heavy atom. The second kappa shape index (κ2) is 8.81. The molecule has 6 nitrogen and oxygen atoms in total. The minimum atomic E-state index is -0.346. The third-order valence-corrected chi connectivity index (χ3v) is 7.65. The number of aromatic nitrogens is 2. The van der Waals surface area contributed by atoms with E-state index in [4.69, 9.17) is 4.74 Å². The fourth-order valence-corrected chi connectivity index (χ4v) is 6.43. The molecule has 0 radical (unpaired) electrons. The van der Waals surface area contributed by atoms with Gasteiger partial charge >= 0.3 is 5.97 Å². The van der Waals surface area contributed by atoms with Gasteiger partial charge in [0.15, 0.2) is 0 Å². The molecule has 0 fully saturated rings. The van der Waals surface area contributed by atoms with Crippen molar-refractivity contribution in [3.8, 4) is 0 Å². The Bertz CT molecular complexity index is 1070. The van der Waals surface area contributed by atoms with Gasteiger partial charge in [-0.05, 0) is 56.5 Å². The second-order valence-corrected chi connectivity index (χ2v) is 9.65. The van der Waals surface area contributed by atoms with Gasteiger partial charge in [-0.15, -0.1) is 22.7 Å². The molecule has 9 heteroatoms. The van der Waals surface area contributed by atoms with Crippen molar-refractivity contribution in [3.63, 3.8) is 0 Å². The van der Waals surface area contributed by atoms with E-state index in [1.807, 2.05) is 18.4 Å². The van der Waals surface area contributed by atoms with Gasteiger partial charge in [0.1, 0.15) is 20.7 Å². The van der Waals surface area contributed by atoms with E-state index in [2.05, 4.69) is 15.3 Å². The SMILES string of the molecule is CCOC(=O)c1c(NC(=O)CSc2nc(C)nc3sccc23)sc2c1CCCC2. The van der Waals surface area contributed by atoms with Gasteiger partial charge in [-0.1, -0.05) is 11.8 Å². The van der Waals surface area contributed by atoms with Gasteiger partial charge in [0.25, 0.3) is 0 Å².